The third-order valence-corrected chi connectivity index (χ3v) is 3.64. The number of hydrogen-bond acceptors (Lipinski definition) is 3. The number of aryl methyl sites for hydroxylation is 1. The van der Waals surface area contributed by atoms with Crippen LogP contribution in [0.2, 0.25) is 0 Å². The fourth-order valence-electron chi connectivity index (χ4n) is 2.55. The summed E-state index contributed by atoms with van der Waals surface area (Å²) >= 11 is 0. The monoisotopic (exact) mass is 262 g/mol. The van der Waals surface area contributed by atoms with Crippen LogP contribution in [0, 0.1) is 6.92 Å². The Morgan fingerprint density at radius 3 is 2.89 bits per heavy atom. The van der Waals surface area contributed by atoms with E-state index in [0.29, 0.717) is 11.6 Å². The highest BCUT2D eigenvalue weighted by Crippen LogP contribution is 2.20. The van der Waals surface area contributed by atoms with E-state index in [1.165, 1.54) is 0 Å². The quantitative estimate of drug-likeness (QED) is 0.871. The topological polar surface area (TPSA) is 52.6 Å². The molecule has 1 aliphatic heterocycles. The zero-order valence-corrected chi connectivity index (χ0v) is 11.6. The molecule has 0 aliphatic carbocycles. The number of carbonyl (C=O) groups is 1. The Labute approximate surface area is 114 Å². The van der Waals surface area contributed by atoms with Crippen molar-refractivity contribution in [1.29, 1.82) is 0 Å². The first-order chi connectivity index (χ1) is 9.13. The highest BCUT2D eigenvalue weighted by Gasteiger charge is 2.26. The average molecular weight is 262 g/mol. The van der Waals surface area contributed by atoms with Crippen LogP contribution in [0.15, 0.2) is 18.2 Å². The number of rotatable bonds is 4. The van der Waals surface area contributed by atoms with Crippen molar-refractivity contribution in [3.05, 3.63) is 29.3 Å². The van der Waals surface area contributed by atoms with Crippen LogP contribution < -0.4 is 5.32 Å². The number of hydrogen-bond donors (Lipinski definition) is 2. The summed E-state index contributed by atoms with van der Waals surface area (Å²) in [6, 6.07) is 5.36. The van der Waals surface area contributed by atoms with E-state index in [1.54, 1.807) is 18.2 Å². The fourth-order valence-corrected chi connectivity index (χ4v) is 2.55. The van der Waals surface area contributed by atoms with Gasteiger partial charge in [0.1, 0.15) is 5.75 Å². The summed E-state index contributed by atoms with van der Waals surface area (Å²) in [4.78, 5) is 14.6. The molecule has 0 bridgehead atoms. The Kier molecular flexibility index (Phi) is 4.43. The van der Waals surface area contributed by atoms with E-state index < -0.39 is 0 Å². The van der Waals surface area contributed by atoms with E-state index in [-0.39, 0.29) is 11.7 Å². The molecular weight excluding hydrogens is 240 g/mol. The van der Waals surface area contributed by atoms with Gasteiger partial charge in [0.15, 0.2) is 0 Å². The molecule has 4 nitrogen and oxygen atoms in total. The molecule has 0 saturated carbocycles. The van der Waals surface area contributed by atoms with Crippen LogP contribution in [0.5, 0.6) is 5.75 Å². The standard InChI is InChI=1S/C15H22N2O2/c1-3-8-17(13-6-7-16-10-13)15(19)12-4-5-14(18)11(2)9-12/h4-5,9,13,16,18H,3,6-8,10H2,1-2H3. The predicted octanol–water partition coefficient (Wildman–Crippen LogP) is 1.91. The Bertz CT molecular complexity index is 453. The molecule has 19 heavy (non-hydrogen) atoms. The Morgan fingerprint density at radius 1 is 1.53 bits per heavy atom. The smallest absolute Gasteiger partial charge is 0.254 e. The molecule has 104 valence electrons. The molecule has 1 aromatic rings. The third kappa shape index (κ3) is 3.07. The molecule has 1 heterocycles. The number of nitrogens with zero attached hydrogens (tertiary/aromatic N) is 1. The number of nitrogens with one attached hydrogen (secondary N) is 1. The van der Waals surface area contributed by atoms with Crippen molar-refractivity contribution in [2.24, 2.45) is 0 Å². The minimum atomic E-state index is 0.0682. The minimum Gasteiger partial charge on any atom is -0.508 e. The van der Waals surface area contributed by atoms with Gasteiger partial charge in [0.25, 0.3) is 5.91 Å². The lowest BCUT2D eigenvalue weighted by Crippen LogP contribution is -2.42. The van der Waals surface area contributed by atoms with Crippen molar-refractivity contribution in [1.82, 2.24) is 10.2 Å². The van der Waals surface area contributed by atoms with Gasteiger partial charge in [-0.05, 0) is 50.1 Å². The molecule has 1 unspecified atom stereocenters. The summed E-state index contributed by atoms with van der Waals surface area (Å²) in [7, 11) is 0. The lowest BCUT2D eigenvalue weighted by molar-refractivity contribution is 0.0692. The van der Waals surface area contributed by atoms with E-state index in [1.807, 2.05) is 11.8 Å². The van der Waals surface area contributed by atoms with Gasteiger partial charge in [-0.25, -0.2) is 0 Å². The summed E-state index contributed by atoms with van der Waals surface area (Å²) in [5.41, 5.74) is 1.41. The molecule has 1 aromatic carbocycles. The maximum absolute atomic E-state index is 12.6. The first-order valence-corrected chi connectivity index (χ1v) is 6.94. The second-order valence-electron chi connectivity index (χ2n) is 5.15. The first kappa shape index (κ1) is 13.9. The molecule has 2 rings (SSSR count). The molecule has 1 saturated heterocycles. The number of benzene rings is 1. The zero-order valence-electron chi connectivity index (χ0n) is 11.6. The van der Waals surface area contributed by atoms with Crippen LogP contribution in [-0.2, 0) is 0 Å². The van der Waals surface area contributed by atoms with Crippen LogP contribution >= 0.6 is 0 Å². The molecule has 1 aliphatic rings. The summed E-state index contributed by atoms with van der Waals surface area (Å²) in [5, 5.41) is 12.8. The van der Waals surface area contributed by atoms with Crippen LogP contribution in [0.4, 0.5) is 0 Å². The van der Waals surface area contributed by atoms with E-state index >= 15 is 0 Å². The summed E-state index contributed by atoms with van der Waals surface area (Å²) in [6.07, 6.45) is 1.97. The summed E-state index contributed by atoms with van der Waals surface area (Å²) in [5.74, 6) is 0.305. The number of carbonyl (C=O) groups excluding carboxylic acids is 1. The van der Waals surface area contributed by atoms with Gasteiger partial charge < -0.3 is 15.3 Å². The maximum atomic E-state index is 12.6. The van der Waals surface area contributed by atoms with Gasteiger partial charge >= 0.3 is 0 Å². The number of phenolic OH excluding ortho intramolecular Hbond substituents is 1. The summed E-state index contributed by atoms with van der Waals surface area (Å²) < 4.78 is 0. The maximum Gasteiger partial charge on any atom is 0.254 e. The minimum absolute atomic E-state index is 0.0682. The van der Waals surface area contributed by atoms with E-state index in [0.717, 1.165) is 38.0 Å². The van der Waals surface area contributed by atoms with E-state index in [4.69, 9.17) is 0 Å². The average Bonchev–Trinajstić information content (AvgIpc) is 2.92. The second-order valence-corrected chi connectivity index (χ2v) is 5.15. The van der Waals surface area contributed by atoms with E-state index in [2.05, 4.69) is 12.2 Å². The lowest BCUT2D eigenvalue weighted by atomic mass is 10.1. The first-order valence-electron chi connectivity index (χ1n) is 6.94. The lowest BCUT2D eigenvalue weighted by Gasteiger charge is -2.28. The van der Waals surface area contributed by atoms with Gasteiger partial charge in [-0.1, -0.05) is 6.92 Å². The van der Waals surface area contributed by atoms with Crippen molar-refractivity contribution in [2.45, 2.75) is 32.7 Å². The largest absolute Gasteiger partial charge is 0.508 e. The van der Waals surface area contributed by atoms with Crippen molar-refractivity contribution in [2.75, 3.05) is 19.6 Å². The second kappa shape index (κ2) is 6.06. The van der Waals surface area contributed by atoms with Crippen molar-refractivity contribution < 1.29 is 9.90 Å². The van der Waals surface area contributed by atoms with Crippen LogP contribution in [0.3, 0.4) is 0 Å². The van der Waals surface area contributed by atoms with Crippen LogP contribution in [0.1, 0.15) is 35.7 Å². The number of phenols is 1. The van der Waals surface area contributed by atoms with Gasteiger partial charge in [0.05, 0.1) is 0 Å². The molecule has 1 atom stereocenters. The highest BCUT2D eigenvalue weighted by molar-refractivity contribution is 5.94. The fraction of sp³-hybridized carbons (Fsp3) is 0.533. The zero-order chi connectivity index (χ0) is 13.8. The molecule has 4 heteroatoms. The predicted molar refractivity (Wildman–Crippen MR) is 75.4 cm³/mol. The van der Waals surface area contributed by atoms with Gasteiger partial charge in [-0.3, -0.25) is 4.79 Å². The Morgan fingerprint density at radius 2 is 2.32 bits per heavy atom. The number of amides is 1. The SMILES string of the molecule is CCCN(C(=O)c1ccc(O)c(C)c1)C1CCNC1. The highest BCUT2D eigenvalue weighted by atomic mass is 16.3. The summed E-state index contributed by atoms with van der Waals surface area (Å²) in [6.45, 7) is 6.54. The molecular formula is C15H22N2O2. The van der Waals surface area contributed by atoms with Gasteiger partial charge in [0, 0.05) is 24.7 Å². The van der Waals surface area contributed by atoms with Crippen molar-refractivity contribution in [3.8, 4) is 5.75 Å². The van der Waals surface area contributed by atoms with Crippen molar-refractivity contribution >= 4 is 5.91 Å². The van der Waals surface area contributed by atoms with Crippen molar-refractivity contribution in [3.63, 3.8) is 0 Å². The normalized spacial score (nSPS) is 18.5. The van der Waals surface area contributed by atoms with Gasteiger partial charge in [-0.15, -0.1) is 0 Å². The van der Waals surface area contributed by atoms with Gasteiger partial charge in [0.2, 0.25) is 0 Å². The number of aromatic hydroxyl groups is 1. The van der Waals surface area contributed by atoms with Gasteiger partial charge in [-0.2, -0.15) is 0 Å². The molecule has 0 aromatic heterocycles. The Balaban J connectivity index is 2.20. The molecule has 1 amide bonds. The molecule has 2 N–H and O–H groups in total. The Hall–Kier alpha value is -1.55. The molecule has 1 fully saturated rings. The van der Waals surface area contributed by atoms with E-state index in [9.17, 15) is 9.90 Å². The van der Waals surface area contributed by atoms with Crippen LogP contribution in [-0.4, -0.2) is 41.6 Å². The third-order valence-electron chi connectivity index (χ3n) is 3.64. The van der Waals surface area contributed by atoms with Crippen LogP contribution in [0.25, 0.3) is 0 Å². The molecule has 0 spiro atoms. The molecule has 0 radical (unpaired) electrons.